The number of unbranched alkanes of at least 4 members (excludes halogenated alkanes) is 2. The molecule has 0 amide bonds. The van der Waals surface area contributed by atoms with Crippen molar-refractivity contribution in [1.29, 1.82) is 0 Å². The van der Waals surface area contributed by atoms with E-state index in [0.717, 1.165) is 45.4 Å². The summed E-state index contributed by atoms with van der Waals surface area (Å²) in [6.45, 7) is 3.29. The minimum atomic E-state index is -0.152. The van der Waals surface area contributed by atoms with Gasteiger partial charge in [-0.3, -0.25) is 0 Å². The van der Waals surface area contributed by atoms with Crippen LogP contribution in [0.1, 0.15) is 19.3 Å². The van der Waals surface area contributed by atoms with Gasteiger partial charge in [-0.2, -0.15) is 0 Å². The summed E-state index contributed by atoms with van der Waals surface area (Å²) in [5.74, 6) is 2.64. The number of thiocarbonyl (C=S) groups is 1. The molecule has 0 aromatic heterocycles. The molecule has 0 saturated heterocycles. The van der Waals surface area contributed by atoms with Crippen LogP contribution in [0.15, 0.2) is 0 Å². The van der Waals surface area contributed by atoms with E-state index >= 15 is 0 Å². The maximum atomic E-state index is 5.38. The van der Waals surface area contributed by atoms with Crippen molar-refractivity contribution in [3.05, 3.63) is 0 Å². The van der Waals surface area contributed by atoms with Crippen LogP contribution in [0.5, 0.6) is 0 Å². The fraction of sp³-hybridized carbons (Fsp3) is 0.786. The van der Waals surface area contributed by atoms with Crippen molar-refractivity contribution in [1.82, 2.24) is 26.6 Å². The van der Waals surface area contributed by atoms with E-state index in [1.807, 2.05) is 21.1 Å². The second-order valence-corrected chi connectivity index (χ2v) is 5.32. The van der Waals surface area contributed by atoms with Crippen LogP contribution in [-0.4, -0.2) is 58.0 Å². The third-order valence-corrected chi connectivity index (χ3v) is 3.20. The fourth-order valence-electron chi connectivity index (χ4n) is 2.17. The number of terminal acetylenes is 1. The van der Waals surface area contributed by atoms with Crippen LogP contribution in [-0.2, 0) is 0 Å². The van der Waals surface area contributed by atoms with Crippen molar-refractivity contribution in [2.45, 2.75) is 24.8 Å². The van der Waals surface area contributed by atoms with Crippen LogP contribution in [0.25, 0.3) is 0 Å². The van der Waals surface area contributed by atoms with Gasteiger partial charge in [-0.1, -0.05) is 0 Å². The van der Waals surface area contributed by atoms with Gasteiger partial charge in [0.05, 0.1) is 5.54 Å². The second-order valence-electron chi connectivity index (χ2n) is 4.91. The van der Waals surface area contributed by atoms with Gasteiger partial charge in [-0.25, -0.2) is 0 Å². The van der Waals surface area contributed by atoms with Crippen molar-refractivity contribution in [2.24, 2.45) is 0 Å². The maximum absolute atomic E-state index is 5.38. The predicted octanol–water partition coefficient (Wildman–Crippen LogP) is -0.349. The molecule has 0 bridgehead atoms. The molecular formula is C14H29N5S. The van der Waals surface area contributed by atoms with Gasteiger partial charge in [0.25, 0.3) is 0 Å². The highest BCUT2D eigenvalue weighted by molar-refractivity contribution is 7.80. The minimum absolute atomic E-state index is 0.152. The van der Waals surface area contributed by atoms with Crippen molar-refractivity contribution in [3.63, 3.8) is 0 Å². The molecular weight excluding hydrogens is 270 g/mol. The van der Waals surface area contributed by atoms with E-state index in [2.05, 4.69) is 32.5 Å². The lowest BCUT2D eigenvalue weighted by Crippen LogP contribution is -2.65. The van der Waals surface area contributed by atoms with Crippen LogP contribution in [0.3, 0.4) is 0 Å². The largest absolute Gasteiger partial charge is 0.363 e. The van der Waals surface area contributed by atoms with Gasteiger partial charge in [0, 0.05) is 32.6 Å². The van der Waals surface area contributed by atoms with E-state index in [1.54, 1.807) is 0 Å². The molecule has 0 atom stereocenters. The summed E-state index contributed by atoms with van der Waals surface area (Å²) in [7, 11) is 5.83. The molecule has 5 N–H and O–H groups in total. The van der Waals surface area contributed by atoms with Gasteiger partial charge < -0.3 is 26.6 Å². The zero-order valence-corrected chi connectivity index (χ0v) is 13.8. The number of nitrogens with one attached hydrogen (secondary N) is 5. The maximum Gasteiger partial charge on any atom is 0.166 e. The third kappa shape index (κ3) is 8.33. The molecule has 0 aromatic carbocycles. The molecule has 0 fully saturated rings. The normalized spacial score (nSPS) is 10.9. The summed E-state index contributed by atoms with van der Waals surface area (Å²) in [6.07, 6.45) is 8.11. The van der Waals surface area contributed by atoms with E-state index in [4.69, 9.17) is 18.6 Å². The van der Waals surface area contributed by atoms with Gasteiger partial charge in [0.2, 0.25) is 0 Å². The summed E-state index contributed by atoms with van der Waals surface area (Å²) in [5, 5.41) is 17.0. The Morgan fingerprint density at radius 1 is 1.05 bits per heavy atom. The van der Waals surface area contributed by atoms with Crippen molar-refractivity contribution >= 4 is 17.3 Å². The molecule has 0 spiro atoms. The SMILES string of the molecule is C#CCCCCNC(=S)NC(CNC)(CNC)CNC. The average molecular weight is 299 g/mol. The first-order chi connectivity index (χ1) is 9.64. The number of hydrogen-bond donors (Lipinski definition) is 5. The second kappa shape index (κ2) is 11.9. The Hall–Kier alpha value is -0.870. The number of rotatable bonds is 11. The monoisotopic (exact) mass is 299 g/mol. The molecule has 0 aromatic rings. The summed E-state index contributed by atoms with van der Waals surface area (Å²) in [4.78, 5) is 0. The fourth-order valence-corrected chi connectivity index (χ4v) is 2.49. The lowest BCUT2D eigenvalue weighted by atomic mass is 9.99. The van der Waals surface area contributed by atoms with Crippen LogP contribution in [0.2, 0.25) is 0 Å². The van der Waals surface area contributed by atoms with Crippen molar-refractivity contribution in [2.75, 3.05) is 47.3 Å². The highest BCUT2D eigenvalue weighted by Gasteiger charge is 2.28. The Bertz CT molecular complexity index is 283. The third-order valence-electron chi connectivity index (χ3n) is 2.96. The molecule has 0 radical (unpaired) electrons. The Balaban J connectivity index is 4.26. The van der Waals surface area contributed by atoms with E-state index in [9.17, 15) is 0 Å². The van der Waals surface area contributed by atoms with Crippen LogP contribution < -0.4 is 26.6 Å². The summed E-state index contributed by atoms with van der Waals surface area (Å²) in [5.41, 5.74) is -0.152. The van der Waals surface area contributed by atoms with Gasteiger partial charge in [-0.05, 0) is 46.2 Å². The van der Waals surface area contributed by atoms with E-state index in [0.29, 0.717) is 5.11 Å². The number of likely N-dealkylation sites (N-methyl/N-ethyl adjacent to an activating group) is 3. The Kier molecular flexibility index (Phi) is 11.4. The summed E-state index contributed by atoms with van der Waals surface area (Å²) in [6, 6.07) is 0. The van der Waals surface area contributed by atoms with E-state index < -0.39 is 0 Å². The first-order valence-electron chi connectivity index (χ1n) is 7.07. The molecule has 6 heteroatoms. The van der Waals surface area contributed by atoms with Gasteiger partial charge in [0.1, 0.15) is 0 Å². The topological polar surface area (TPSA) is 60.1 Å². The molecule has 5 nitrogen and oxygen atoms in total. The Morgan fingerprint density at radius 3 is 2.05 bits per heavy atom. The van der Waals surface area contributed by atoms with Gasteiger partial charge in [0.15, 0.2) is 5.11 Å². The zero-order valence-electron chi connectivity index (χ0n) is 12.9. The van der Waals surface area contributed by atoms with Crippen LogP contribution >= 0.6 is 12.2 Å². The predicted molar refractivity (Wildman–Crippen MR) is 90.9 cm³/mol. The average Bonchev–Trinajstić information content (AvgIpc) is 2.39. The van der Waals surface area contributed by atoms with Crippen LogP contribution in [0.4, 0.5) is 0 Å². The molecule has 0 unspecified atom stereocenters. The smallest absolute Gasteiger partial charge is 0.166 e. The summed E-state index contributed by atoms with van der Waals surface area (Å²) >= 11 is 5.38. The van der Waals surface area contributed by atoms with E-state index in [1.165, 1.54) is 0 Å². The highest BCUT2D eigenvalue weighted by atomic mass is 32.1. The standard InChI is InChI=1S/C14H29N5S/c1-5-6-7-8-9-18-13(20)19-14(10-15-2,11-16-3)12-17-4/h1,15-17H,6-12H2,2-4H3,(H2,18,19,20). The van der Waals surface area contributed by atoms with Gasteiger partial charge >= 0.3 is 0 Å². The first kappa shape index (κ1) is 19.1. The van der Waals surface area contributed by atoms with Crippen molar-refractivity contribution < 1.29 is 0 Å². The van der Waals surface area contributed by atoms with E-state index in [-0.39, 0.29) is 5.54 Å². The molecule has 0 aliphatic carbocycles. The quantitative estimate of drug-likeness (QED) is 0.204. The molecule has 0 aliphatic rings. The highest BCUT2D eigenvalue weighted by Crippen LogP contribution is 2.01. The minimum Gasteiger partial charge on any atom is -0.363 e. The molecule has 116 valence electrons. The molecule has 0 saturated carbocycles. The van der Waals surface area contributed by atoms with Crippen LogP contribution in [0, 0.1) is 12.3 Å². The molecule has 0 aliphatic heterocycles. The Morgan fingerprint density at radius 2 is 1.60 bits per heavy atom. The molecule has 0 heterocycles. The lowest BCUT2D eigenvalue weighted by Gasteiger charge is -2.35. The zero-order chi connectivity index (χ0) is 15.3. The Labute approximate surface area is 129 Å². The summed E-state index contributed by atoms with van der Waals surface area (Å²) < 4.78 is 0. The molecule has 0 rings (SSSR count). The lowest BCUT2D eigenvalue weighted by molar-refractivity contribution is 0.341. The number of hydrogen-bond acceptors (Lipinski definition) is 4. The molecule has 20 heavy (non-hydrogen) atoms. The van der Waals surface area contributed by atoms with Crippen molar-refractivity contribution in [3.8, 4) is 12.3 Å². The van der Waals surface area contributed by atoms with Gasteiger partial charge in [-0.15, -0.1) is 12.3 Å². The first-order valence-corrected chi connectivity index (χ1v) is 7.48.